The average Bonchev–Trinajstić information content (AvgIpc) is 2.89. The van der Waals surface area contributed by atoms with Gasteiger partial charge < -0.3 is 5.32 Å². The summed E-state index contributed by atoms with van der Waals surface area (Å²) in [5.74, 6) is 0.375. The summed E-state index contributed by atoms with van der Waals surface area (Å²) in [7, 11) is 0. The van der Waals surface area contributed by atoms with Crippen LogP contribution in [0, 0.1) is 10.1 Å². The van der Waals surface area contributed by atoms with Crippen LogP contribution in [-0.2, 0) is 0 Å². The van der Waals surface area contributed by atoms with Crippen LogP contribution < -0.4 is 5.32 Å². The lowest BCUT2D eigenvalue weighted by atomic mass is 10.5. The maximum atomic E-state index is 10.9. The summed E-state index contributed by atoms with van der Waals surface area (Å²) in [5, 5.41) is 21.7. The quantitative estimate of drug-likeness (QED) is 0.491. The van der Waals surface area contributed by atoms with Crippen LogP contribution in [0.2, 0.25) is 0 Å². The Bertz CT molecular complexity index is 562. The molecular formula is C9H10N6O2S2. The van der Waals surface area contributed by atoms with Gasteiger partial charge in [-0.05, 0) is 18.2 Å². The second kappa shape index (κ2) is 6.38. The van der Waals surface area contributed by atoms with Gasteiger partial charge in [-0.1, -0.05) is 18.3 Å². The van der Waals surface area contributed by atoms with E-state index < -0.39 is 4.92 Å². The first-order valence-electron chi connectivity index (χ1n) is 5.40. The minimum absolute atomic E-state index is 0.137. The van der Waals surface area contributed by atoms with Gasteiger partial charge >= 0.3 is 5.69 Å². The highest BCUT2D eigenvalue weighted by Gasteiger charge is 2.19. The zero-order chi connectivity index (χ0) is 13.7. The van der Waals surface area contributed by atoms with E-state index in [1.807, 2.05) is 6.92 Å². The SMILES string of the molecule is CCCNc1ncc([N+](=O)[O-])c(Sc2nncs2)n1. The molecule has 0 amide bonds. The van der Waals surface area contributed by atoms with Crippen LogP contribution in [0.3, 0.4) is 0 Å². The van der Waals surface area contributed by atoms with Crippen molar-refractivity contribution in [3.05, 3.63) is 21.8 Å². The zero-order valence-corrected chi connectivity index (χ0v) is 11.6. The third kappa shape index (κ3) is 3.58. The molecule has 0 atom stereocenters. The van der Waals surface area contributed by atoms with E-state index in [9.17, 15) is 10.1 Å². The van der Waals surface area contributed by atoms with Crippen LogP contribution in [0.15, 0.2) is 21.1 Å². The summed E-state index contributed by atoms with van der Waals surface area (Å²) in [4.78, 5) is 18.5. The molecule has 0 fully saturated rings. The first kappa shape index (κ1) is 13.6. The summed E-state index contributed by atoms with van der Waals surface area (Å²) < 4.78 is 0.600. The van der Waals surface area contributed by atoms with E-state index in [2.05, 4.69) is 25.5 Å². The van der Waals surface area contributed by atoms with Crippen molar-refractivity contribution < 1.29 is 4.92 Å². The maximum absolute atomic E-state index is 10.9. The Hall–Kier alpha value is -1.81. The standard InChI is InChI=1S/C9H10N6O2S2/c1-2-3-10-8-11-4-6(15(16)17)7(13-8)19-9-14-12-5-18-9/h4-5H,2-3H2,1H3,(H,10,11,13). The fraction of sp³-hybridized carbons (Fsp3) is 0.333. The van der Waals surface area contributed by atoms with Gasteiger partial charge in [0.05, 0.1) is 4.92 Å². The van der Waals surface area contributed by atoms with Gasteiger partial charge in [-0.25, -0.2) is 4.98 Å². The number of nitrogens with one attached hydrogen (secondary N) is 1. The van der Waals surface area contributed by atoms with Crippen molar-refractivity contribution >= 4 is 34.7 Å². The lowest BCUT2D eigenvalue weighted by Crippen LogP contribution is -2.06. The second-order valence-electron chi connectivity index (χ2n) is 3.37. The molecule has 0 spiro atoms. The third-order valence-electron chi connectivity index (χ3n) is 1.99. The lowest BCUT2D eigenvalue weighted by molar-refractivity contribution is -0.388. The second-order valence-corrected chi connectivity index (χ2v) is 5.44. The van der Waals surface area contributed by atoms with E-state index in [0.717, 1.165) is 18.2 Å². The fourth-order valence-corrected chi connectivity index (χ4v) is 2.63. The molecule has 0 aliphatic rings. The van der Waals surface area contributed by atoms with E-state index in [1.165, 1.54) is 17.5 Å². The highest BCUT2D eigenvalue weighted by molar-refractivity contribution is 8.01. The van der Waals surface area contributed by atoms with E-state index in [0.29, 0.717) is 16.8 Å². The molecule has 2 aromatic heterocycles. The Morgan fingerprint density at radius 2 is 2.42 bits per heavy atom. The first-order valence-corrected chi connectivity index (χ1v) is 7.09. The van der Waals surface area contributed by atoms with Crippen LogP contribution >= 0.6 is 23.1 Å². The Labute approximate surface area is 116 Å². The third-order valence-corrected chi connectivity index (χ3v) is 3.76. The zero-order valence-electron chi connectivity index (χ0n) is 9.94. The molecule has 0 aliphatic carbocycles. The first-order chi connectivity index (χ1) is 9.20. The summed E-state index contributed by atoms with van der Waals surface area (Å²) in [6.45, 7) is 2.72. The summed E-state index contributed by atoms with van der Waals surface area (Å²) >= 11 is 2.41. The molecule has 0 radical (unpaired) electrons. The van der Waals surface area contributed by atoms with E-state index >= 15 is 0 Å². The molecule has 0 aliphatic heterocycles. The average molecular weight is 298 g/mol. The number of nitrogens with zero attached hydrogens (tertiary/aromatic N) is 5. The van der Waals surface area contributed by atoms with Gasteiger partial charge in [-0.3, -0.25) is 10.1 Å². The number of hydrogen-bond donors (Lipinski definition) is 1. The van der Waals surface area contributed by atoms with Gasteiger partial charge in [0, 0.05) is 6.54 Å². The number of aromatic nitrogens is 4. The molecule has 0 unspecified atom stereocenters. The maximum Gasteiger partial charge on any atom is 0.320 e. The van der Waals surface area contributed by atoms with Crippen molar-refractivity contribution in [2.45, 2.75) is 22.7 Å². The monoisotopic (exact) mass is 298 g/mol. The molecule has 0 bridgehead atoms. The van der Waals surface area contributed by atoms with Crippen LogP contribution in [0.1, 0.15) is 13.3 Å². The minimum Gasteiger partial charge on any atom is -0.354 e. The molecule has 0 saturated carbocycles. The number of nitro groups is 1. The lowest BCUT2D eigenvalue weighted by Gasteiger charge is -2.04. The summed E-state index contributed by atoms with van der Waals surface area (Å²) in [6, 6.07) is 0. The van der Waals surface area contributed by atoms with Crippen molar-refractivity contribution in [3.63, 3.8) is 0 Å². The molecular weight excluding hydrogens is 288 g/mol. The Morgan fingerprint density at radius 1 is 1.58 bits per heavy atom. The molecule has 0 aromatic carbocycles. The van der Waals surface area contributed by atoms with Gasteiger partial charge in [-0.15, -0.1) is 10.2 Å². The topological polar surface area (TPSA) is 107 Å². The van der Waals surface area contributed by atoms with E-state index in [1.54, 1.807) is 5.51 Å². The molecule has 2 heterocycles. The van der Waals surface area contributed by atoms with Gasteiger partial charge in [0.25, 0.3) is 0 Å². The molecule has 100 valence electrons. The van der Waals surface area contributed by atoms with Crippen molar-refractivity contribution in [1.29, 1.82) is 0 Å². The smallest absolute Gasteiger partial charge is 0.320 e. The predicted molar refractivity (Wildman–Crippen MR) is 71.5 cm³/mol. The summed E-state index contributed by atoms with van der Waals surface area (Å²) in [5.41, 5.74) is 1.42. The van der Waals surface area contributed by atoms with Gasteiger partial charge in [0.2, 0.25) is 5.95 Å². The minimum atomic E-state index is -0.507. The molecule has 0 saturated heterocycles. The van der Waals surface area contributed by atoms with Gasteiger partial charge in [-0.2, -0.15) is 4.98 Å². The number of rotatable bonds is 6. The van der Waals surface area contributed by atoms with E-state index in [4.69, 9.17) is 0 Å². The largest absolute Gasteiger partial charge is 0.354 e. The molecule has 2 rings (SSSR count). The predicted octanol–water partition coefficient (Wildman–Crippen LogP) is 2.21. The van der Waals surface area contributed by atoms with Crippen LogP contribution in [0.25, 0.3) is 0 Å². The number of hydrogen-bond acceptors (Lipinski definition) is 9. The number of anilines is 1. The van der Waals surface area contributed by atoms with Crippen molar-refractivity contribution in [2.75, 3.05) is 11.9 Å². The molecule has 1 N–H and O–H groups in total. The van der Waals surface area contributed by atoms with Crippen LogP contribution in [0.5, 0.6) is 0 Å². The van der Waals surface area contributed by atoms with Crippen LogP contribution in [0.4, 0.5) is 11.6 Å². The molecule has 19 heavy (non-hydrogen) atoms. The van der Waals surface area contributed by atoms with Crippen LogP contribution in [-0.4, -0.2) is 31.6 Å². The molecule has 8 nitrogen and oxygen atoms in total. The van der Waals surface area contributed by atoms with Gasteiger partial charge in [0.15, 0.2) is 9.37 Å². The molecule has 2 aromatic rings. The fourth-order valence-electron chi connectivity index (χ4n) is 1.17. The Morgan fingerprint density at radius 3 is 3.05 bits per heavy atom. The molecule has 10 heteroatoms. The summed E-state index contributed by atoms with van der Waals surface area (Å²) in [6.07, 6.45) is 2.12. The normalized spacial score (nSPS) is 10.4. The van der Waals surface area contributed by atoms with E-state index in [-0.39, 0.29) is 10.7 Å². The van der Waals surface area contributed by atoms with Crippen molar-refractivity contribution in [2.24, 2.45) is 0 Å². The Kier molecular flexibility index (Phi) is 4.58. The van der Waals surface area contributed by atoms with Crippen molar-refractivity contribution in [3.8, 4) is 0 Å². The Balaban J connectivity index is 2.27. The van der Waals surface area contributed by atoms with Crippen molar-refractivity contribution in [1.82, 2.24) is 20.2 Å². The highest BCUT2D eigenvalue weighted by atomic mass is 32.2. The van der Waals surface area contributed by atoms with Gasteiger partial charge in [0.1, 0.15) is 11.7 Å². The highest BCUT2D eigenvalue weighted by Crippen LogP contribution is 2.33.